The molecule has 2 N–H and O–H groups in total. The van der Waals surface area contributed by atoms with Crippen molar-refractivity contribution < 1.29 is 18.3 Å². The fraction of sp³-hybridized carbons (Fsp3) is 0.667. The van der Waals surface area contributed by atoms with Gasteiger partial charge in [0.15, 0.2) is 5.69 Å². The van der Waals surface area contributed by atoms with E-state index < -0.39 is 21.7 Å². The van der Waals surface area contributed by atoms with Crippen LogP contribution in [-0.4, -0.2) is 46.6 Å². The summed E-state index contributed by atoms with van der Waals surface area (Å²) in [4.78, 5) is 10.9. The van der Waals surface area contributed by atoms with Crippen molar-refractivity contribution in [3.05, 3.63) is 11.4 Å². The smallest absolute Gasteiger partial charge is 0.357 e. The van der Waals surface area contributed by atoms with Crippen molar-refractivity contribution in [2.45, 2.75) is 50.5 Å². The van der Waals surface area contributed by atoms with Crippen LogP contribution in [0.5, 0.6) is 0 Å². The highest BCUT2D eigenvalue weighted by Crippen LogP contribution is 2.30. The summed E-state index contributed by atoms with van der Waals surface area (Å²) in [6, 6.07) is -0.0408. The molecule has 0 atom stereocenters. The first-order valence-electron chi connectivity index (χ1n) is 6.69. The van der Waals surface area contributed by atoms with Gasteiger partial charge in [-0.05, 0) is 19.8 Å². The van der Waals surface area contributed by atoms with E-state index in [2.05, 4.69) is 10.2 Å². The van der Waals surface area contributed by atoms with Gasteiger partial charge in [0.05, 0.1) is 5.69 Å². The Hall–Kier alpha value is -1.41. The molecule has 1 aliphatic carbocycles. The second kappa shape index (κ2) is 5.53. The van der Waals surface area contributed by atoms with E-state index in [0.717, 1.165) is 25.7 Å². The molecule has 2 rings (SSSR count). The summed E-state index contributed by atoms with van der Waals surface area (Å²) in [5.41, 5.74) is -0.169. The van der Waals surface area contributed by atoms with E-state index in [4.69, 9.17) is 5.11 Å². The van der Waals surface area contributed by atoms with E-state index in [0.29, 0.717) is 6.54 Å². The molecule has 0 amide bonds. The zero-order chi connectivity index (χ0) is 14.9. The third-order valence-electron chi connectivity index (χ3n) is 3.70. The van der Waals surface area contributed by atoms with E-state index in [1.54, 1.807) is 6.92 Å². The average Bonchev–Trinajstić information content (AvgIpc) is 2.98. The van der Waals surface area contributed by atoms with Crippen LogP contribution in [-0.2, 0) is 10.0 Å². The maximum atomic E-state index is 12.8. The summed E-state index contributed by atoms with van der Waals surface area (Å²) in [6.45, 7) is 3.62. The molecule has 0 aromatic carbocycles. The Bertz CT molecular complexity index is 602. The number of rotatable bonds is 5. The van der Waals surface area contributed by atoms with Crippen molar-refractivity contribution in [2.24, 2.45) is 0 Å². The van der Waals surface area contributed by atoms with Gasteiger partial charge in [0.1, 0.15) is 4.90 Å². The maximum absolute atomic E-state index is 12.8. The van der Waals surface area contributed by atoms with Crippen LogP contribution < -0.4 is 0 Å². The molecule has 1 heterocycles. The maximum Gasteiger partial charge on any atom is 0.357 e. The van der Waals surface area contributed by atoms with Crippen molar-refractivity contribution in [2.75, 3.05) is 6.54 Å². The van der Waals surface area contributed by atoms with Gasteiger partial charge in [0.2, 0.25) is 10.0 Å². The highest BCUT2D eigenvalue weighted by molar-refractivity contribution is 7.89. The lowest BCUT2D eigenvalue weighted by atomic mass is 10.2. The monoisotopic (exact) mass is 301 g/mol. The second-order valence-electron chi connectivity index (χ2n) is 4.98. The molecule has 0 aliphatic heterocycles. The Morgan fingerprint density at radius 2 is 2.05 bits per heavy atom. The Kier molecular flexibility index (Phi) is 4.14. The number of aromatic nitrogens is 2. The molecule has 112 valence electrons. The number of nitrogens with one attached hydrogen (secondary N) is 1. The molecular formula is C12H19N3O4S. The fourth-order valence-corrected chi connectivity index (χ4v) is 4.80. The quantitative estimate of drug-likeness (QED) is 0.855. The van der Waals surface area contributed by atoms with E-state index in [1.165, 1.54) is 11.2 Å². The number of sulfonamides is 1. The number of H-pyrrole nitrogens is 1. The molecule has 0 saturated heterocycles. The molecule has 8 heteroatoms. The molecule has 1 aliphatic rings. The summed E-state index contributed by atoms with van der Waals surface area (Å²) in [6.07, 6.45) is 3.67. The number of carboxylic acid groups (broad SMARTS) is 1. The number of hydrogen-bond acceptors (Lipinski definition) is 4. The second-order valence-corrected chi connectivity index (χ2v) is 6.81. The van der Waals surface area contributed by atoms with E-state index in [1.807, 2.05) is 0 Å². The molecule has 0 unspecified atom stereocenters. The number of aromatic amines is 1. The zero-order valence-electron chi connectivity index (χ0n) is 11.6. The molecule has 0 spiro atoms. The average molecular weight is 301 g/mol. The van der Waals surface area contributed by atoms with Gasteiger partial charge in [0, 0.05) is 12.6 Å². The van der Waals surface area contributed by atoms with Crippen LogP contribution in [0.3, 0.4) is 0 Å². The van der Waals surface area contributed by atoms with Crippen LogP contribution in [0.2, 0.25) is 0 Å². The third-order valence-corrected chi connectivity index (χ3v) is 5.89. The lowest BCUT2D eigenvalue weighted by Gasteiger charge is -2.26. The first kappa shape index (κ1) is 15.0. The number of aryl methyl sites for hydroxylation is 1. The lowest BCUT2D eigenvalue weighted by molar-refractivity contribution is 0.0686. The Balaban J connectivity index is 2.48. The molecular weight excluding hydrogens is 282 g/mol. The van der Waals surface area contributed by atoms with E-state index in [9.17, 15) is 13.2 Å². The van der Waals surface area contributed by atoms with Gasteiger partial charge in [-0.3, -0.25) is 5.10 Å². The lowest BCUT2D eigenvalue weighted by Crippen LogP contribution is -2.39. The molecule has 1 aromatic heterocycles. The van der Waals surface area contributed by atoms with Crippen LogP contribution >= 0.6 is 0 Å². The fourth-order valence-electron chi connectivity index (χ4n) is 2.81. The van der Waals surface area contributed by atoms with Crippen molar-refractivity contribution in [3.63, 3.8) is 0 Å². The van der Waals surface area contributed by atoms with Crippen LogP contribution in [0, 0.1) is 6.92 Å². The summed E-state index contributed by atoms with van der Waals surface area (Å²) in [7, 11) is -3.84. The normalized spacial score (nSPS) is 16.9. The number of aromatic carboxylic acids is 1. The molecule has 7 nitrogen and oxygen atoms in total. The van der Waals surface area contributed by atoms with Crippen molar-refractivity contribution in [1.29, 1.82) is 0 Å². The van der Waals surface area contributed by atoms with Gasteiger partial charge >= 0.3 is 5.97 Å². The van der Waals surface area contributed by atoms with Crippen LogP contribution in [0.4, 0.5) is 0 Å². The van der Waals surface area contributed by atoms with Crippen molar-refractivity contribution >= 4 is 16.0 Å². The number of carboxylic acids is 1. The number of nitrogens with zero attached hydrogens (tertiary/aromatic N) is 2. The number of carbonyl (C=O) groups is 1. The zero-order valence-corrected chi connectivity index (χ0v) is 12.4. The van der Waals surface area contributed by atoms with E-state index >= 15 is 0 Å². The summed E-state index contributed by atoms with van der Waals surface area (Å²) >= 11 is 0. The Morgan fingerprint density at radius 1 is 1.45 bits per heavy atom. The summed E-state index contributed by atoms with van der Waals surface area (Å²) < 4.78 is 26.9. The third kappa shape index (κ3) is 2.45. The minimum atomic E-state index is -3.84. The predicted octanol–water partition coefficient (Wildman–Crippen LogP) is 1.37. The van der Waals surface area contributed by atoms with Gasteiger partial charge in [-0.1, -0.05) is 19.8 Å². The SMILES string of the molecule is CCN(C1CCCC1)S(=O)(=O)c1c(C(=O)O)n[nH]c1C. The van der Waals surface area contributed by atoms with Gasteiger partial charge in [-0.25, -0.2) is 13.2 Å². The first-order chi connectivity index (χ1) is 9.39. The van der Waals surface area contributed by atoms with Gasteiger partial charge in [-0.15, -0.1) is 0 Å². The molecule has 0 bridgehead atoms. The predicted molar refractivity (Wildman–Crippen MR) is 72.1 cm³/mol. The highest BCUT2D eigenvalue weighted by atomic mass is 32.2. The number of hydrogen-bond donors (Lipinski definition) is 2. The van der Waals surface area contributed by atoms with Gasteiger partial charge in [0.25, 0.3) is 0 Å². The topological polar surface area (TPSA) is 103 Å². The molecule has 1 fully saturated rings. The molecule has 20 heavy (non-hydrogen) atoms. The minimum absolute atomic E-state index is 0.0408. The molecule has 1 saturated carbocycles. The highest BCUT2D eigenvalue weighted by Gasteiger charge is 2.37. The molecule has 1 aromatic rings. The van der Waals surface area contributed by atoms with Gasteiger partial charge in [-0.2, -0.15) is 9.40 Å². The standard InChI is InChI=1S/C12H19N3O4S/c1-3-15(9-6-4-5-7-9)20(18,19)11-8(2)13-14-10(11)12(16)17/h9H,3-7H2,1-2H3,(H,13,14)(H,16,17). The minimum Gasteiger partial charge on any atom is -0.476 e. The first-order valence-corrected chi connectivity index (χ1v) is 8.13. The van der Waals surface area contributed by atoms with Crippen molar-refractivity contribution in [1.82, 2.24) is 14.5 Å². The van der Waals surface area contributed by atoms with E-state index in [-0.39, 0.29) is 16.6 Å². The Labute approximate surface area is 118 Å². The van der Waals surface area contributed by atoms with Crippen molar-refractivity contribution in [3.8, 4) is 0 Å². The summed E-state index contributed by atoms with van der Waals surface area (Å²) in [5, 5.41) is 15.1. The summed E-state index contributed by atoms with van der Waals surface area (Å²) in [5.74, 6) is -1.34. The largest absolute Gasteiger partial charge is 0.476 e. The van der Waals surface area contributed by atoms with Gasteiger partial charge < -0.3 is 5.11 Å². The van der Waals surface area contributed by atoms with Crippen LogP contribution in [0.15, 0.2) is 4.90 Å². The Morgan fingerprint density at radius 3 is 2.55 bits per heavy atom. The molecule has 0 radical (unpaired) electrons. The van der Waals surface area contributed by atoms with Crippen LogP contribution in [0.1, 0.15) is 48.8 Å². The van der Waals surface area contributed by atoms with Crippen LogP contribution in [0.25, 0.3) is 0 Å².